The summed E-state index contributed by atoms with van der Waals surface area (Å²) >= 11 is 3.72. The molecule has 1 aromatic heterocycles. The Kier molecular flexibility index (Phi) is 5.68. The quantitative estimate of drug-likeness (QED) is 0.205. The summed E-state index contributed by atoms with van der Waals surface area (Å²) in [7, 11) is 0. The largest absolute Gasteiger partial charge is 0.309 e. The Morgan fingerprint density at radius 3 is 1.84 bits per heavy atom. The fourth-order valence-electron chi connectivity index (χ4n) is 5.42. The highest BCUT2D eigenvalue weighted by molar-refractivity contribution is 9.10. The van der Waals surface area contributed by atoms with E-state index >= 15 is 0 Å². The van der Waals surface area contributed by atoms with Crippen LogP contribution in [-0.2, 0) is 0 Å². The maximum absolute atomic E-state index is 3.72. The first-order valence-electron chi connectivity index (χ1n) is 12.8. The van der Waals surface area contributed by atoms with Gasteiger partial charge in [0.15, 0.2) is 0 Å². The molecule has 0 aliphatic heterocycles. The number of benzene rings is 6. The molecule has 7 aromatic rings. The van der Waals surface area contributed by atoms with E-state index in [0.29, 0.717) is 0 Å². The number of hydrogen-bond donors (Lipinski definition) is 0. The molecule has 0 unspecified atom stereocenters. The smallest absolute Gasteiger partial charge is 0.0547 e. The molecular weight excluding hydrogens is 526 g/mol. The van der Waals surface area contributed by atoms with Gasteiger partial charge in [-0.3, -0.25) is 0 Å². The first kappa shape index (κ1) is 22.8. The van der Waals surface area contributed by atoms with E-state index in [4.69, 9.17) is 0 Å². The summed E-state index contributed by atoms with van der Waals surface area (Å²) < 4.78 is 3.49. The van der Waals surface area contributed by atoms with Crippen LogP contribution in [0.2, 0.25) is 0 Å². The van der Waals surface area contributed by atoms with Crippen LogP contribution in [0.15, 0.2) is 150 Å². The molecule has 180 valence electrons. The van der Waals surface area contributed by atoms with Crippen molar-refractivity contribution in [3.05, 3.63) is 150 Å². The van der Waals surface area contributed by atoms with E-state index in [1.54, 1.807) is 0 Å². The lowest BCUT2D eigenvalue weighted by Gasteiger charge is -2.11. The number of rotatable bonds is 4. The average Bonchev–Trinajstić information content (AvgIpc) is 3.32. The second kappa shape index (κ2) is 9.48. The normalized spacial score (nSPS) is 11.3. The maximum Gasteiger partial charge on any atom is 0.0547 e. The van der Waals surface area contributed by atoms with E-state index in [2.05, 4.69) is 166 Å². The fourth-order valence-corrected chi connectivity index (χ4v) is 5.94. The predicted octanol–water partition coefficient (Wildman–Crippen LogP) is 10.5. The van der Waals surface area contributed by atoms with E-state index in [1.165, 1.54) is 55.2 Å². The molecular formula is C36H24BrN. The summed E-state index contributed by atoms with van der Waals surface area (Å²) in [6, 6.07) is 52.2. The van der Waals surface area contributed by atoms with Crippen LogP contribution < -0.4 is 0 Å². The van der Waals surface area contributed by atoms with Crippen molar-refractivity contribution in [3.8, 4) is 39.1 Å². The van der Waals surface area contributed by atoms with E-state index in [-0.39, 0.29) is 0 Å². The summed E-state index contributed by atoms with van der Waals surface area (Å²) in [5.74, 6) is 0. The van der Waals surface area contributed by atoms with Gasteiger partial charge in [0.1, 0.15) is 0 Å². The van der Waals surface area contributed by atoms with Gasteiger partial charge < -0.3 is 4.57 Å². The molecule has 38 heavy (non-hydrogen) atoms. The van der Waals surface area contributed by atoms with Crippen LogP contribution in [0.25, 0.3) is 60.9 Å². The molecule has 0 fully saturated rings. The van der Waals surface area contributed by atoms with Crippen molar-refractivity contribution in [2.45, 2.75) is 0 Å². The lowest BCUT2D eigenvalue weighted by Crippen LogP contribution is -1.94. The minimum absolute atomic E-state index is 1.10. The third-order valence-electron chi connectivity index (χ3n) is 7.29. The molecule has 0 aliphatic rings. The second-order valence-corrected chi connectivity index (χ2v) is 10.4. The highest BCUT2D eigenvalue weighted by atomic mass is 79.9. The highest BCUT2D eigenvalue weighted by Gasteiger charge is 2.14. The van der Waals surface area contributed by atoms with Gasteiger partial charge in [0.25, 0.3) is 0 Å². The third-order valence-corrected chi connectivity index (χ3v) is 7.98. The molecule has 0 amide bonds. The minimum atomic E-state index is 1.10. The highest BCUT2D eigenvalue weighted by Crippen LogP contribution is 2.36. The van der Waals surface area contributed by atoms with E-state index in [1.807, 2.05) is 0 Å². The van der Waals surface area contributed by atoms with Gasteiger partial charge in [-0.2, -0.15) is 0 Å². The number of halogens is 1. The van der Waals surface area contributed by atoms with Crippen LogP contribution in [0.3, 0.4) is 0 Å². The first-order chi connectivity index (χ1) is 18.8. The van der Waals surface area contributed by atoms with Gasteiger partial charge in [-0.1, -0.05) is 125 Å². The molecule has 0 N–H and O–H groups in total. The summed E-state index contributed by atoms with van der Waals surface area (Å²) in [4.78, 5) is 0. The summed E-state index contributed by atoms with van der Waals surface area (Å²) in [5.41, 5.74) is 10.8. The van der Waals surface area contributed by atoms with Crippen LogP contribution in [0.1, 0.15) is 0 Å². The van der Waals surface area contributed by atoms with Crippen molar-refractivity contribution in [2.24, 2.45) is 0 Å². The third kappa shape index (κ3) is 3.95. The van der Waals surface area contributed by atoms with Crippen molar-refractivity contribution in [1.82, 2.24) is 4.57 Å². The van der Waals surface area contributed by atoms with Gasteiger partial charge in [-0.25, -0.2) is 0 Å². The lowest BCUT2D eigenvalue weighted by molar-refractivity contribution is 1.18. The van der Waals surface area contributed by atoms with E-state index < -0.39 is 0 Å². The topological polar surface area (TPSA) is 4.93 Å². The molecule has 7 rings (SSSR count). The SMILES string of the molecule is Brc1ccccc1-c1cccc(-c2ccc3c4ccccc4n(-c4ccc(-c5ccccc5)cc4)c3c2)c1. The second-order valence-electron chi connectivity index (χ2n) is 9.56. The summed E-state index contributed by atoms with van der Waals surface area (Å²) in [5, 5.41) is 2.53. The molecule has 0 saturated heterocycles. The molecule has 0 atom stereocenters. The van der Waals surface area contributed by atoms with Crippen LogP contribution in [0.4, 0.5) is 0 Å². The Bertz CT molecular complexity index is 1910. The number of para-hydroxylation sites is 1. The average molecular weight is 550 g/mol. The number of aromatic nitrogens is 1. The maximum atomic E-state index is 3.72. The van der Waals surface area contributed by atoms with Gasteiger partial charge >= 0.3 is 0 Å². The first-order valence-corrected chi connectivity index (χ1v) is 13.6. The lowest BCUT2D eigenvalue weighted by atomic mass is 9.98. The molecule has 2 heteroatoms. The van der Waals surface area contributed by atoms with Gasteiger partial charge in [0.05, 0.1) is 11.0 Å². The number of fused-ring (bicyclic) bond motifs is 3. The Balaban J connectivity index is 1.39. The van der Waals surface area contributed by atoms with Crippen molar-refractivity contribution in [3.63, 3.8) is 0 Å². The monoisotopic (exact) mass is 549 g/mol. The molecule has 6 aromatic carbocycles. The van der Waals surface area contributed by atoms with E-state index in [0.717, 1.165) is 10.2 Å². The summed E-state index contributed by atoms with van der Waals surface area (Å²) in [6.45, 7) is 0. The fraction of sp³-hybridized carbons (Fsp3) is 0. The van der Waals surface area contributed by atoms with Crippen molar-refractivity contribution >= 4 is 37.7 Å². The zero-order valence-electron chi connectivity index (χ0n) is 20.7. The van der Waals surface area contributed by atoms with Crippen molar-refractivity contribution < 1.29 is 0 Å². The summed E-state index contributed by atoms with van der Waals surface area (Å²) in [6.07, 6.45) is 0. The molecule has 0 radical (unpaired) electrons. The van der Waals surface area contributed by atoms with Crippen LogP contribution >= 0.6 is 15.9 Å². The van der Waals surface area contributed by atoms with Crippen LogP contribution in [-0.4, -0.2) is 4.57 Å². The van der Waals surface area contributed by atoms with Crippen LogP contribution in [0.5, 0.6) is 0 Å². The molecule has 0 saturated carbocycles. The predicted molar refractivity (Wildman–Crippen MR) is 165 cm³/mol. The van der Waals surface area contributed by atoms with Crippen molar-refractivity contribution in [2.75, 3.05) is 0 Å². The molecule has 0 bridgehead atoms. The Morgan fingerprint density at radius 1 is 0.395 bits per heavy atom. The zero-order valence-corrected chi connectivity index (χ0v) is 22.3. The molecule has 0 spiro atoms. The number of hydrogen-bond acceptors (Lipinski definition) is 0. The standard InChI is InChI=1S/C36H24BrN/c37-34-15-6-4-13-31(34)29-12-8-11-27(23-29)28-19-22-33-32-14-5-7-16-35(32)38(36(33)24-28)30-20-17-26(18-21-30)25-9-2-1-3-10-25/h1-24H. The minimum Gasteiger partial charge on any atom is -0.309 e. The van der Waals surface area contributed by atoms with Crippen molar-refractivity contribution in [1.29, 1.82) is 0 Å². The zero-order chi connectivity index (χ0) is 25.5. The Labute approximate surface area is 230 Å². The molecule has 1 heterocycles. The Hall–Kier alpha value is -4.40. The van der Waals surface area contributed by atoms with Gasteiger partial charge in [0, 0.05) is 20.9 Å². The van der Waals surface area contributed by atoms with Gasteiger partial charge in [-0.05, 0) is 69.8 Å². The van der Waals surface area contributed by atoms with Gasteiger partial charge in [0.2, 0.25) is 0 Å². The number of nitrogens with zero attached hydrogens (tertiary/aromatic N) is 1. The molecule has 0 aliphatic carbocycles. The van der Waals surface area contributed by atoms with E-state index in [9.17, 15) is 0 Å². The Morgan fingerprint density at radius 2 is 1.00 bits per heavy atom. The van der Waals surface area contributed by atoms with Crippen LogP contribution in [0, 0.1) is 0 Å². The molecule has 1 nitrogen and oxygen atoms in total. The van der Waals surface area contributed by atoms with Gasteiger partial charge in [-0.15, -0.1) is 0 Å².